The number of aliphatic hydroxyl groups excluding tert-OH is 1. The van der Waals surface area contributed by atoms with Crippen molar-refractivity contribution in [2.75, 3.05) is 12.3 Å². The van der Waals surface area contributed by atoms with E-state index in [4.69, 9.17) is 5.11 Å². The summed E-state index contributed by atoms with van der Waals surface area (Å²) < 4.78 is 0. The molecule has 0 bridgehead atoms. The summed E-state index contributed by atoms with van der Waals surface area (Å²) in [7, 11) is 0. The molecule has 0 unspecified atom stereocenters. The highest BCUT2D eigenvalue weighted by Gasteiger charge is 2.02. The highest BCUT2D eigenvalue weighted by atomic mass is 32.2. The summed E-state index contributed by atoms with van der Waals surface area (Å²) in [6, 6.07) is 18.0. The van der Waals surface area contributed by atoms with Gasteiger partial charge in [-0.15, -0.1) is 11.8 Å². The first-order valence-corrected chi connectivity index (χ1v) is 8.50. The lowest BCUT2D eigenvalue weighted by atomic mass is 10.1. The number of hydrogen-bond acceptors (Lipinski definition) is 3. The smallest absolute Gasteiger partial charge is 0.230 e. The van der Waals surface area contributed by atoms with E-state index >= 15 is 0 Å². The van der Waals surface area contributed by atoms with Crippen LogP contribution in [0.1, 0.15) is 16.7 Å². The van der Waals surface area contributed by atoms with Crippen LogP contribution in [-0.2, 0) is 23.6 Å². The van der Waals surface area contributed by atoms with E-state index in [1.54, 1.807) is 11.8 Å². The second-order valence-corrected chi connectivity index (χ2v) is 6.04. The van der Waals surface area contributed by atoms with E-state index in [2.05, 4.69) is 17.4 Å². The minimum Gasteiger partial charge on any atom is -0.392 e. The summed E-state index contributed by atoms with van der Waals surface area (Å²) in [4.78, 5) is 11.8. The van der Waals surface area contributed by atoms with Gasteiger partial charge in [-0.3, -0.25) is 4.79 Å². The van der Waals surface area contributed by atoms with Crippen LogP contribution in [0.2, 0.25) is 0 Å². The van der Waals surface area contributed by atoms with Gasteiger partial charge in [-0.2, -0.15) is 0 Å². The molecule has 0 aliphatic rings. The van der Waals surface area contributed by atoms with Crippen LogP contribution in [0.25, 0.3) is 0 Å². The molecule has 0 atom stereocenters. The zero-order valence-corrected chi connectivity index (χ0v) is 13.3. The zero-order valence-electron chi connectivity index (χ0n) is 12.5. The summed E-state index contributed by atoms with van der Waals surface area (Å²) in [6.45, 7) is 0.742. The number of carbonyl (C=O) groups excluding carboxylic acids is 1. The Morgan fingerprint density at radius 2 is 1.64 bits per heavy atom. The van der Waals surface area contributed by atoms with Crippen molar-refractivity contribution in [1.82, 2.24) is 5.32 Å². The van der Waals surface area contributed by atoms with Gasteiger partial charge in [0, 0.05) is 12.3 Å². The number of carbonyl (C=O) groups is 1. The second-order valence-electron chi connectivity index (χ2n) is 5.05. The summed E-state index contributed by atoms with van der Waals surface area (Å²) in [5.41, 5.74) is 3.31. The number of rotatable bonds is 8. The summed E-state index contributed by atoms with van der Waals surface area (Å²) in [5, 5.41) is 11.9. The van der Waals surface area contributed by atoms with E-state index in [1.165, 1.54) is 11.1 Å². The molecule has 22 heavy (non-hydrogen) atoms. The minimum atomic E-state index is 0.0667. The molecule has 3 nitrogen and oxygen atoms in total. The van der Waals surface area contributed by atoms with Gasteiger partial charge in [0.15, 0.2) is 0 Å². The molecule has 2 rings (SSSR count). The first-order valence-electron chi connectivity index (χ1n) is 7.35. The molecule has 0 heterocycles. The van der Waals surface area contributed by atoms with Crippen molar-refractivity contribution in [2.45, 2.75) is 18.8 Å². The Labute approximate surface area is 135 Å². The van der Waals surface area contributed by atoms with Gasteiger partial charge < -0.3 is 10.4 Å². The molecule has 1 amide bonds. The van der Waals surface area contributed by atoms with E-state index in [9.17, 15) is 4.79 Å². The van der Waals surface area contributed by atoms with Crippen LogP contribution >= 0.6 is 11.8 Å². The van der Waals surface area contributed by atoms with Crippen LogP contribution in [0.5, 0.6) is 0 Å². The van der Waals surface area contributed by atoms with Gasteiger partial charge in [0.25, 0.3) is 0 Å². The third-order valence-electron chi connectivity index (χ3n) is 3.29. The molecule has 0 saturated carbocycles. The van der Waals surface area contributed by atoms with Gasteiger partial charge >= 0.3 is 0 Å². The van der Waals surface area contributed by atoms with Crippen molar-refractivity contribution < 1.29 is 9.90 Å². The van der Waals surface area contributed by atoms with E-state index < -0.39 is 0 Å². The second kappa shape index (κ2) is 9.28. The van der Waals surface area contributed by atoms with Gasteiger partial charge in [0.1, 0.15) is 0 Å². The largest absolute Gasteiger partial charge is 0.392 e. The molecule has 0 saturated heterocycles. The predicted molar refractivity (Wildman–Crippen MR) is 91.7 cm³/mol. The van der Waals surface area contributed by atoms with Crippen LogP contribution < -0.4 is 5.32 Å². The van der Waals surface area contributed by atoms with Crippen LogP contribution in [-0.4, -0.2) is 23.3 Å². The molecule has 0 fully saturated rings. The van der Waals surface area contributed by atoms with E-state index in [0.717, 1.165) is 17.7 Å². The summed E-state index contributed by atoms with van der Waals surface area (Å²) in [6.07, 6.45) is 0.861. The Morgan fingerprint density at radius 3 is 2.32 bits per heavy atom. The Kier molecular flexibility index (Phi) is 7.00. The standard InChI is InChI=1S/C18H21NO2S/c20-12-16-6-8-17(9-7-16)13-22-14-18(21)19-11-10-15-4-2-1-3-5-15/h1-9,20H,10-14H2,(H,19,21). The van der Waals surface area contributed by atoms with Gasteiger partial charge in [-0.1, -0.05) is 54.6 Å². The number of aliphatic hydroxyl groups is 1. The van der Waals surface area contributed by atoms with Crippen molar-refractivity contribution in [3.05, 3.63) is 71.3 Å². The van der Waals surface area contributed by atoms with Crippen molar-refractivity contribution in [2.24, 2.45) is 0 Å². The maximum atomic E-state index is 11.8. The monoisotopic (exact) mass is 315 g/mol. The Hall–Kier alpha value is -1.78. The fourth-order valence-electron chi connectivity index (χ4n) is 2.04. The molecule has 0 aliphatic carbocycles. The van der Waals surface area contributed by atoms with E-state index in [0.29, 0.717) is 12.3 Å². The topological polar surface area (TPSA) is 49.3 Å². The zero-order chi connectivity index (χ0) is 15.6. The molecule has 0 spiro atoms. The van der Waals surface area contributed by atoms with Crippen LogP contribution in [0.15, 0.2) is 54.6 Å². The molecule has 116 valence electrons. The lowest BCUT2D eigenvalue weighted by molar-refractivity contribution is -0.118. The predicted octanol–water partition coefficient (Wildman–Crippen LogP) is 2.77. The molecule has 0 radical (unpaired) electrons. The van der Waals surface area contributed by atoms with Crippen LogP contribution in [0, 0.1) is 0 Å². The Balaban J connectivity index is 1.61. The van der Waals surface area contributed by atoms with E-state index in [1.807, 2.05) is 42.5 Å². The van der Waals surface area contributed by atoms with Crippen molar-refractivity contribution >= 4 is 17.7 Å². The summed E-state index contributed by atoms with van der Waals surface area (Å²) >= 11 is 1.60. The Bertz CT molecular complexity index is 569. The fourth-order valence-corrected chi connectivity index (χ4v) is 2.86. The summed E-state index contributed by atoms with van der Waals surface area (Å²) in [5.74, 6) is 1.35. The average Bonchev–Trinajstić information content (AvgIpc) is 2.56. The fraction of sp³-hybridized carbons (Fsp3) is 0.278. The first-order chi connectivity index (χ1) is 10.8. The first kappa shape index (κ1) is 16.6. The average molecular weight is 315 g/mol. The van der Waals surface area contributed by atoms with Crippen molar-refractivity contribution in [3.63, 3.8) is 0 Å². The van der Waals surface area contributed by atoms with Gasteiger partial charge in [0.2, 0.25) is 5.91 Å². The molecular formula is C18H21NO2S. The molecule has 0 aliphatic heterocycles. The third kappa shape index (κ3) is 5.92. The van der Waals surface area contributed by atoms with Crippen LogP contribution in [0.4, 0.5) is 0 Å². The molecule has 2 N–H and O–H groups in total. The van der Waals surface area contributed by atoms with Gasteiger partial charge in [0.05, 0.1) is 12.4 Å². The molecular weight excluding hydrogens is 294 g/mol. The number of nitrogens with one attached hydrogen (secondary N) is 1. The Morgan fingerprint density at radius 1 is 0.955 bits per heavy atom. The SMILES string of the molecule is O=C(CSCc1ccc(CO)cc1)NCCc1ccccc1. The van der Waals surface area contributed by atoms with Crippen molar-refractivity contribution in [1.29, 1.82) is 0 Å². The molecule has 2 aromatic carbocycles. The number of thioether (sulfide) groups is 1. The minimum absolute atomic E-state index is 0.0667. The van der Waals surface area contributed by atoms with E-state index in [-0.39, 0.29) is 12.5 Å². The molecule has 4 heteroatoms. The number of amides is 1. The lowest BCUT2D eigenvalue weighted by Gasteiger charge is -2.06. The highest BCUT2D eigenvalue weighted by Crippen LogP contribution is 2.13. The van der Waals surface area contributed by atoms with Gasteiger partial charge in [-0.05, 0) is 23.1 Å². The van der Waals surface area contributed by atoms with Gasteiger partial charge in [-0.25, -0.2) is 0 Å². The normalized spacial score (nSPS) is 10.4. The van der Waals surface area contributed by atoms with Crippen LogP contribution in [0.3, 0.4) is 0 Å². The maximum absolute atomic E-state index is 11.8. The quantitative estimate of drug-likeness (QED) is 0.787. The molecule has 2 aromatic rings. The molecule has 0 aromatic heterocycles. The number of benzene rings is 2. The highest BCUT2D eigenvalue weighted by molar-refractivity contribution is 7.99. The maximum Gasteiger partial charge on any atom is 0.230 e. The number of hydrogen-bond donors (Lipinski definition) is 2. The lowest BCUT2D eigenvalue weighted by Crippen LogP contribution is -2.27. The van der Waals surface area contributed by atoms with Crippen molar-refractivity contribution in [3.8, 4) is 0 Å². The third-order valence-corrected chi connectivity index (χ3v) is 4.29.